The minimum atomic E-state index is 0.196. The van der Waals surface area contributed by atoms with Crippen LogP contribution >= 0.6 is 0 Å². The first kappa shape index (κ1) is 21.4. The summed E-state index contributed by atoms with van der Waals surface area (Å²) >= 11 is 0. The van der Waals surface area contributed by atoms with Crippen LogP contribution in [0.15, 0.2) is 0 Å². The maximum atomic E-state index is 11.6. The van der Waals surface area contributed by atoms with Gasteiger partial charge in [-0.2, -0.15) is 0 Å². The van der Waals surface area contributed by atoms with Gasteiger partial charge in [-0.05, 0) is 25.8 Å². The molecule has 4 nitrogen and oxygen atoms in total. The molecule has 0 aromatic rings. The van der Waals surface area contributed by atoms with E-state index < -0.39 is 0 Å². The van der Waals surface area contributed by atoms with Gasteiger partial charge in [0.2, 0.25) is 5.91 Å². The molecule has 0 saturated heterocycles. The zero-order valence-electron chi connectivity index (χ0n) is 14.7. The van der Waals surface area contributed by atoms with E-state index in [0.717, 1.165) is 38.9 Å². The fourth-order valence-electron chi connectivity index (χ4n) is 2.46. The molecule has 4 heteroatoms. The largest absolute Gasteiger partial charge is 0.396 e. The number of amides is 1. The van der Waals surface area contributed by atoms with E-state index in [0.29, 0.717) is 13.0 Å². The number of rotatable bonds is 17. The minimum absolute atomic E-state index is 0.196. The Morgan fingerprint density at radius 3 is 2.14 bits per heavy atom. The lowest BCUT2D eigenvalue weighted by Crippen LogP contribution is -2.32. The van der Waals surface area contributed by atoms with Crippen LogP contribution in [0, 0.1) is 0 Å². The van der Waals surface area contributed by atoms with Crippen molar-refractivity contribution >= 4 is 5.91 Å². The molecule has 3 N–H and O–H groups in total. The third-order valence-electron chi connectivity index (χ3n) is 3.89. The van der Waals surface area contributed by atoms with Crippen molar-refractivity contribution in [1.82, 2.24) is 10.6 Å². The summed E-state index contributed by atoms with van der Waals surface area (Å²) in [5.41, 5.74) is 0. The van der Waals surface area contributed by atoms with Crippen LogP contribution in [-0.4, -0.2) is 37.3 Å². The van der Waals surface area contributed by atoms with Gasteiger partial charge in [0.15, 0.2) is 0 Å². The molecule has 0 unspecified atom stereocenters. The van der Waals surface area contributed by atoms with Gasteiger partial charge < -0.3 is 15.7 Å². The number of carbonyl (C=O) groups is 1. The Morgan fingerprint density at radius 1 is 0.773 bits per heavy atom. The molecule has 0 aromatic carbocycles. The van der Waals surface area contributed by atoms with Crippen LogP contribution < -0.4 is 10.6 Å². The summed E-state index contributed by atoms with van der Waals surface area (Å²) in [6.45, 7) is 5.17. The van der Waals surface area contributed by atoms with Gasteiger partial charge >= 0.3 is 0 Å². The van der Waals surface area contributed by atoms with Crippen LogP contribution in [0.2, 0.25) is 0 Å². The van der Waals surface area contributed by atoms with E-state index >= 15 is 0 Å². The van der Waals surface area contributed by atoms with Gasteiger partial charge in [0.25, 0.3) is 0 Å². The second kappa shape index (κ2) is 18.4. The molecular formula is C18H38N2O2. The van der Waals surface area contributed by atoms with E-state index in [-0.39, 0.29) is 5.91 Å². The van der Waals surface area contributed by atoms with E-state index in [1.165, 1.54) is 51.4 Å². The SMILES string of the molecule is CCCCCCCC(=O)NCCNCCCCCCCCO. The van der Waals surface area contributed by atoms with Crippen molar-refractivity contribution in [1.29, 1.82) is 0 Å². The highest BCUT2D eigenvalue weighted by Crippen LogP contribution is 2.05. The highest BCUT2D eigenvalue weighted by atomic mass is 16.2. The molecule has 0 bridgehead atoms. The lowest BCUT2D eigenvalue weighted by Gasteiger charge is -2.07. The van der Waals surface area contributed by atoms with Gasteiger partial charge in [0.1, 0.15) is 0 Å². The Hall–Kier alpha value is -0.610. The standard InChI is InChI=1S/C18H38N2O2/c1-2-3-4-7-10-13-18(22)20-16-15-19-14-11-8-5-6-9-12-17-21/h19,21H,2-17H2,1H3,(H,20,22). The second-order valence-electron chi connectivity index (χ2n) is 6.11. The van der Waals surface area contributed by atoms with Gasteiger partial charge in [0.05, 0.1) is 0 Å². The van der Waals surface area contributed by atoms with Crippen molar-refractivity contribution in [2.45, 2.75) is 84.0 Å². The van der Waals surface area contributed by atoms with Gasteiger partial charge in [-0.1, -0.05) is 58.3 Å². The molecule has 0 fully saturated rings. The number of hydrogen-bond donors (Lipinski definition) is 3. The van der Waals surface area contributed by atoms with E-state index in [2.05, 4.69) is 17.6 Å². The smallest absolute Gasteiger partial charge is 0.220 e. The van der Waals surface area contributed by atoms with E-state index in [1.807, 2.05) is 0 Å². The van der Waals surface area contributed by atoms with Crippen LogP contribution in [0.4, 0.5) is 0 Å². The molecule has 0 spiro atoms. The van der Waals surface area contributed by atoms with Crippen LogP contribution in [-0.2, 0) is 4.79 Å². The molecule has 0 aliphatic rings. The fourth-order valence-corrected chi connectivity index (χ4v) is 2.46. The Balaban J connectivity index is 3.10. The average Bonchev–Trinajstić information content (AvgIpc) is 2.52. The topological polar surface area (TPSA) is 61.4 Å². The molecule has 22 heavy (non-hydrogen) atoms. The summed E-state index contributed by atoms with van der Waals surface area (Å²) in [6.07, 6.45) is 13.7. The predicted octanol–water partition coefficient (Wildman–Crippen LogP) is 3.39. The zero-order valence-corrected chi connectivity index (χ0v) is 14.7. The third-order valence-corrected chi connectivity index (χ3v) is 3.89. The van der Waals surface area contributed by atoms with Crippen molar-refractivity contribution < 1.29 is 9.90 Å². The number of aliphatic hydroxyl groups is 1. The number of unbranched alkanes of at least 4 members (excludes halogenated alkanes) is 9. The first-order valence-corrected chi connectivity index (χ1v) is 9.39. The van der Waals surface area contributed by atoms with Crippen molar-refractivity contribution in [3.63, 3.8) is 0 Å². The number of aliphatic hydroxyl groups excluding tert-OH is 1. The second-order valence-corrected chi connectivity index (χ2v) is 6.11. The maximum Gasteiger partial charge on any atom is 0.220 e. The molecule has 132 valence electrons. The van der Waals surface area contributed by atoms with E-state index in [4.69, 9.17) is 5.11 Å². The van der Waals surface area contributed by atoms with Gasteiger partial charge in [-0.15, -0.1) is 0 Å². The average molecular weight is 315 g/mol. The summed E-state index contributed by atoms with van der Waals surface area (Å²) in [7, 11) is 0. The molecule has 0 saturated carbocycles. The first-order valence-electron chi connectivity index (χ1n) is 9.39. The van der Waals surface area contributed by atoms with Crippen LogP contribution in [0.1, 0.15) is 84.0 Å². The number of hydrogen-bond acceptors (Lipinski definition) is 3. The quantitative estimate of drug-likeness (QED) is 0.361. The summed E-state index contributed by atoms with van der Waals surface area (Å²) in [4.78, 5) is 11.6. The third kappa shape index (κ3) is 17.4. The molecule has 1 amide bonds. The Morgan fingerprint density at radius 2 is 1.41 bits per heavy atom. The monoisotopic (exact) mass is 314 g/mol. The molecule has 0 aromatic heterocycles. The van der Waals surface area contributed by atoms with Gasteiger partial charge in [-0.25, -0.2) is 0 Å². The summed E-state index contributed by atoms with van der Waals surface area (Å²) in [5.74, 6) is 0.196. The van der Waals surface area contributed by atoms with Crippen LogP contribution in [0.25, 0.3) is 0 Å². The maximum absolute atomic E-state index is 11.6. The van der Waals surface area contributed by atoms with Crippen LogP contribution in [0.5, 0.6) is 0 Å². The minimum Gasteiger partial charge on any atom is -0.396 e. The van der Waals surface area contributed by atoms with Gasteiger partial charge in [0, 0.05) is 26.1 Å². The van der Waals surface area contributed by atoms with Crippen molar-refractivity contribution in [2.75, 3.05) is 26.2 Å². The highest BCUT2D eigenvalue weighted by molar-refractivity contribution is 5.75. The Kier molecular flexibility index (Phi) is 17.9. The molecule has 0 rings (SSSR count). The lowest BCUT2D eigenvalue weighted by molar-refractivity contribution is -0.121. The van der Waals surface area contributed by atoms with Crippen molar-refractivity contribution in [3.8, 4) is 0 Å². The highest BCUT2D eigenvalue weighted by Gasteiger charge is 1.99. The summed E-state index contributed by atoms with van der Waals surface area (Å²) in [6, 6.07) is 0. The summed E-state index contributed by atoms with van der Waals surface area (Å²) in [5, 5.41) is 15.0. The van der Waals surface area contributed by atoms with E-state index in [9.17, 15) is 4.79 Å². The van der Waals surface area contributed by atoms with Crippen molar-refractivity contribution in [3.05, 3.63) is 0 Å². The van der Waals surface area contributed by atoms with Gasteiger partial charge in [-0.3, -0.25) is 4.79 Å². The fraction of sp³-hybridized carbons (Fsp3) is 0.944. The first-order chi connectivity index (χ1) is 10.8. The van der Waals surface area contributed by atoms with E-state index in [1.54, 1.807) is 0 Å². The molecule has 0 aliphatic carbocycles. The molecule has 0 radical (unpaired) electrons. The molecule has 0 atom stereocenters. The Bertz CT molecular complexity index is 235. The zero-order chi connectivity index (χ0) is 16.3. The lowest BCUT2D eigenvalue weighted by atomic mass is 10.1. The molecular weight excluding hydrogens is 276 g/mol. The van der Waals surface area contributed by atoms with Crippen molar-refractivity contribution in [2.24, 2.45) is 0 Å². The summed E-state index contributed by atoms with van der Waals surface area (Å²) < 4.78 is 0. The molecule has 0 aliphatic heterocycles. The normalized spacial score (nSPS) is 10.8. The predicted molar refractivity (Wildman–Crippen MR) is 94.0 cm³/mol. The molecule has 0 heterocycles. The Labute approximate surface area is 137 Å². The number of nitrogens with one attached hydrogen (secondary N) is 2. The van der Waals surface area contributed by atoms with Crippen LogP contribution in [0.3, 0.4) is 0 Å². The number of carbonyl (C=O) groups excluding carboxylic acids is 1.